The number of para-hydroxylation sites is 1. The number of hydrogen-bond acceptors (Lipinski definition) is 4. The van der Waals surface area contributed by atoms with E-state index in [0.717, 1.165) is 52.1 Å². The van der Waals surface area contributed by atoms with E-state index in [1.54, 1.807) is 24.5 Å². The summed E-state index contributed by atoms with van der Waals surface area (Å²) < 4.78 is 19.3. The lowest BCUT2D eigenvalue weighted by molar-refractivity contribution is -0.128. The quantitative estimate of drug-likeness (QED) is 0.760. The van der Waals surface area contributed by atoms with E-state index in [0.29, 0.717) is 17.5 Å². The number of piperazine rings is 1. The number of amides is 1. The van der Waals surface area contributed by atoms with E-state index in [2.05, 4.69) is 9.80 Å². The van der Waals surface area contributed by atoms with E-state index in [1.807, 2.05) is 29.2 Å². The number of rotatable bonds is 4. The Morgan fingerprint density at radius 3 is 2.64 bits per heavy atom. The summed E-state index contributed by atoms with van der Waals surface area (Å²) in [5.74, 6) is 0.561. The third kappa shape index (κ3) is 4.28. The molecule has 6 heteroatoms. The Morgan fingerprint density at radius 2 is 1.89 bits per heavy atom. The first-order valence-electron chi connectivity index (χ1n) is 9.95. The Bertz CT molecular complexity index is 813. The molecule has 3 heterocycles. The second-order valence-corrected chi connectivity index (χ2v) is 7.40. The summed E-state index contributed by atoms with van der Waals surface area (Å²) >= 11 is 0. The van der Waals surface area contributed by atoms with Crippen molar-refractivity contribution >= 4 is 17.7 Å². The van der Waals surface area contributed by atoms with Crippen LogP contribution in [0.15, 0.2) is 53.2 Å². The zero-order valence-electron chi connectivity index (χ0n) is 16.0. The first kappa shape index (κ1) is 18.7. The molecule has 0 bridgehead atoms. The summed E-state index contributed by atoms with van der Waals surface area (Å²) in [6, 6.07) is 11.0. The van der Waals surface area contributed by atoms with Crippen molar-refractivity contribution in [3.8, 4) is 0 Å². The standard InChI is InChI=1S/C22H26FN3O2/c23-20-7-1-2-8-21(20)25-14-12-24(13-15-25)18-5-3-11-26(17-18)22(27)10-9-19-6-4-16-28-19/h1-2,4,6-10,16,18H,3,5,11-15,17H2/b10-9+. The Labute approximate surface area is 165 Å². The van der Waals surface area contributed by atoms with E-state index in [-0.39, 0.29) is 11.7 Å². The van der Waals surface area contributed by atoms with Gasteiger partial charge in [-0.25, -0.2) is 4.39 Å². The molecule has 1 amide bonds. The van der Waals surface area contributed by atoms with Gasteiger partial charge >= 0.3 is 0 Å². The van der Waals surface area contributed by atoms with Gasteiger partial charge in [-0.05, 0) is 43.2 Å². The largest absolute Gasteiger partial charge is 0.465 e. The molecule has 2 aromatic rings. The fourth-order valence-electron chi connectivity index (χ4n) is 4.13. The van der Waals surface area contributed by atoms with Crippen LogP contribution < -0.4 is 4.90 Å². The Hall–Kier alpha value is -2.60. The van der Waals surface area contributed by atoms with Gasteiger partial charge in [0.2, 0.25) is 5.91 Å². The van der Waals surface area contributed by atoms with Crippen LogP contribution in [0.5, 0.6) is 0 Å². The summed E-state index contributed by atoms with van der Waals surface area (Å²) in [5, 5.41) is 0. The molecule has 1 aromatic carbocycles. The van der Waals surface area contributed by atoms with Crippen molar-refractivity contribution in [2.24, 2.45) is 0 Å². The average molecular weight is 383 g/mol. The van der Waals surface area contributed by atoms with E-state index >= 15 is 0 Å². The van der Waals surface area contributed by atoms with Crippen LogP contribution in [0, 0.1) is 5.82 Å². The van der Waals surface area contributed by atoms with Gasteiger partial charge in [-0.1, -0.05) is 12.1 Å². The van der Waals surface area contributed by atoms with E-state index in [1.165, 1.54) is 6.07 Å². The van der Waals surface area contributed by atoms with Crippen LogP contribution in [-0.4, -0.2) is 61.0 Å². The Morgan fingerprint density at radius 1 is 1.07 bits per heavy atom. The first-order chi connectivity index (χ1) is 13.7. The molecule has 1 atom stereocenters. The molecule has 0 N–H and O–H groups in total. The molecule has 2 aliphatic rings. The topological polar surface area (TPSA) is 39.9 Å². The smallest absolute Gasteiger partial charge is 0.246 e. The van der Waals surface area contributed by atoms with E-state index in [9.17, 15) is 9.18 Å². The predicted molar refractivity (Wildman–Crippen MR) is 108 cm³/mol. The summed E-state index contributed by atoms with van der Waals surface area (Å²) in [4.78, 5) is 19.0. The van der Waals surface area contributed by atoms with Gasteiger partial charge in [-0.15, -0.1) is 0 Å². The minimum Gasteiger partial charge on any atom is -0.465 e. The van der Waals surface area contributed by atoms with E-state index < -0.39 is 0 Å². The second kappa shape index (κ2) is 8.61. The molecule has 5 nitrogen and oxygen atoms in total. The summed E-state index contributed by atoms with van der Waals surface area (Å²) in [6.45, 7) is 4.95. The SMILES string of the molecule is O=C(/C=C/c1ccco1)N1CCCC(N2CCN(c3ccccc3F)CC2)C1. The van der Waals surface area contributed by atoms with Gasteiger partial charge < -0.3 is 14.2 Å². The number of hydrogen-bond donors (Lipinski definition) is 0. The highest BCUT2D eigenvalue weighted by atomic mass is 19.1. The fraction of sp³-hybridized carbons (Fsp3) is 0.409. The Kier molecular flexibility index (Phi) is 5.76. The van der Waals surface area contributed by atoms with Crippen molar-refractivity contribution < 1.29 is 13.6 Å². The minimum atomic E-state index is -0.159. The van der Waals surface area contributed by atoms with Crippen molar-refractivity contribution in [2.45, 2.75) is 18.9 Å². The number of benzene rings is 1. The molecule has 2 fully saturated rings. The summed E-state index contributed by atoms with van der Waals surface area (Å²) in [5.41, 5.74) is 0.686. The Balaban J connectivity index is 1.31. The normalized spacial score (nSPS) is 21.4. The van der Waals surface area contributed by atoms with Crippen LogP contribution >= 0.6 is 0 Å². The number of anilines is 1. The highest BCUT2D eigenvalue weighted by molar-refractivity contribution is 5.91. The molecule has 0 saturated carbocycles. The molecule has 4 rings (SSSR count). The highest BCUT2D eigenvalue weighted by Crippen LogP contribution is 2.23. The van der Waals surface area contributed by atoms with Crippen molar-refractivity contribution in [3.05, 3.63) is 60.3 Å². The molecular formula is C22H26FN3O2. The third-order valence-corrected chi connectivity index (χ3v) is 5.67. The number of carbonyl (C=O) groups excluding carboxylic acids is 1. The molecular weight excluding hydrogens is 357 g/mol. The van der Waals surface area contributed by atoms with Gasteiger partial charge in [-0.3, -0.25) is 9.69 Å². The number of furan rings is 1. The molecule has 2 aliphatic heterocycles. The fourth-order valence-corrected chi connectivity index (χ4v) is 4.13. The van der Waals surface area contributed by atoms with Crippen molar-refractivity contribution in [1.82, 2.24) is 9.80 Å². The minimum absolute atomic E-state index is 0.0334. The average Bonchev–Trinajstić information content (AvgIpc) is 3.26. The van der Waals surface area contributed by atoms with Crippen LogP contribution in [0.3, 0.4) is 0 Å². The first-order valence-corrected chi connectivity index (χ1v) is 9.95. The maximum Gasteiger partial charge on any atom is 0.246 e. The lowest BCUT2D eigenvalue weighted by Crippen LogP contribution is -2.55. The molecule has 0 radical (unpaired) electrons. The highest BCUT2D eigenvalue weighted by Gasteiger charge is 2.29. The maximum absolute atomic E-state index is 14.0. The molecule has 148 valence electrons. The number of carbonyl (C=O) groups is 1. The third-order valence-electron chi connectivity index (χ3n) is 5.67. The number of likely N-dealkylation sites (tertiary alicyclic amines) is 1. The molecule has 0 aliphatic carbocycles. The predicted octanol–water partition coefficient (Wildman–Crippen LogP) is 3.25. The molecule has 1 unspecified atom stereocenters. The van der Waals surface area contributed by atoms with Gasteiger partial charge in [0.05, 0.1) is 12.0 Å². The van der Waals surface area contributed by atoms with Gasteiger partial charge in [-0.2, -0.15) is 0 Å². The maximum atomic E-state index is 14.0. The zero-order chi connectivity index (χ0) is 19.3. The molecule has 1 aromatic heterocycles. The van der Waals surface area contributed by atoms with Gasteiger partial charge in [0.25, 0.3) is 0 Å². The van der Waals surface area contributed by atoms with Crippen LogP contribution in [0.4, 0.5) is 10.1 Å². The second-order valence-electron chi connectivity index (χ2n) is 7.40. The van der Waals surface area contributed by atoms with Gasteiger partial charge in [0.15, 0.2) is 0 Å². The lowest BCUT2D eigenvalue weighted by Gasteiger charge is -2.43. The van der Waals surface area contributed by atoms with Gasteiger partial charge in [0.1, 0.15) is 11.6 Å². The van der Waals surface area contributed by atoms with Gasteiger partial charge in [0, 0.05) is 51.4 Å². The van der Waals surface area contributed by atoms with Crippen molar-refractivity contribution in [3.63, 3.8) is 0 Å². The van der Waals surface area contributed by atoms with Crippen LogP contribution in [0.1, 0.15) is 18.6 Å². The monoisotopic (exact) mass is 383 g/mol. The number of piperidine rings is 1. The zero-order valence-corrected chi connectivity index (χ0v) is 16.0. The summed E-state index contributed by atoms with van der Waals surface area (Å²) in [6.07, 6.45) is 7.03. The van der Waals surface area contributed by atoms with Crippen LogP contribution in [-0.2, 0) is 4.79 Å². The lowest BCUT2D eigenvalue weighted by atomic mass is 10.0. The van der Waals surface area contributed by atoms with Crippen molar-refractivity contribution in [1.29, 1.82) is 0 Å². The summed E-state index contributed by atoms with van der Waals surface area (Å²) in [7, 11) is 0. The molecule has 0 spiro atoms. The van der Waals surface area contributed by atoms with E-state index in [4.69, 9.17) is 4.42 Å². The van der Waals surface area contributed by atoms with Crippen LogP contribution in [0.2, 0.25) is 0 Å². The number of halogens is 1. The molecule has 28 heavy (non-hydrogen) atoms. The molecule has 2 saturated heterocycles. The van der Waals surface area contributed by atoms with Crippen LogP contribution in [0.25, 0.3) is 6.08 Å². The number of nitrogens with zero attached hydrogens (tertiary/aromatic N) is 3. The van der Waals surface area contributed by atoms with Crippen molar-refractivity contribution in [2.75, 3.05) is 44.2 Å².